The van der Waals surface area contributed by atoms with Gasteiger partial charge in [0.1, 0.15) is 5.82 Å². The van der Waals surface area contributed by atoms with Crippen LogP contribution < -0.4 is 0 Å². The van der Waals surface area contributed by atoms with Crippen molar-refractivity contribution in [2.24, 2.45) is 0 Å². The fourth-order valence-electron chi connectivity index (χ4n) is 3.18. The number of carbonyl (C=O) groups is 1. The van der Waals surface area contributed by atoms with E-state index in [1.807, 2.05) is 17.9 Å². The van der Waals surface area contributed by atoms with Gasteiger partial charge in [-0.1, -0.05) is 19.1 Å². The van der Waals surface area contributed by atoms with Crippen molar-refractivity contribution < 1.29 is 9.18 Å². The Hall–Kier alpha value is -2.30. The normalized spacial score (nSPS) is 17.8. The summed E-state index contributed by atoms with van der Waals surface area (Å²) in [6, 6.07) is 8.22. The molecular formula is C19H22FN3O. The SMILES string of the molecule is CCCC(=O)N1CCC[C@@H](c2ccnc(-c3cccc(F)c3)n2)C1. The molecule has 1 aromatic carbocycles. The fourth-order valence-corrected chi connectivity index (χ4v) is 3.18. The molecule has 3 rings (SSSR count). The smallest absolute Gasteiger partial charge is 0.222 e. The predicted molar refractivity (Wildman–Crippen MR) is 90.9 cm³/mol. The van der Waals surface area contributed by atoms with E-state index in [1.54, 1.807) is 18.3 Å². The zero-order valence-corrected chi connectivity index (χ0v) is 13.9. The highest BCUT2D eigenvalue weighted by molar-refractivity contribution is 5.76. The Morgan fingerprint density at radius 3 is 3.04 bits per heavy atom. The van der Waals surface area contributed by atoms with E-state index in [0.29, 0.717) is 24.4 Å². The number of nitrogens with zero attached hydrogens (tertiary/aromatic N) is 3. The van der Waals surface area contributed by atoms with Crippen molar-refractivity contribution in [3.8, 4) is 11.4 Å². The summed E-state index contributed by atoms with van der Waals surface area (Å²) in [6.07, 6.45) is 5.19. The number of likely N-dealkylation sites (tertiary alicyclic amines) is 1. The molecule has 5 heteroatoms. The summed E-state index contributed by atoms with van der Waals surface area (Å²) < 4.78 is 13.4. The average Bonchev–Trinajstić information content (AvgIpc) is 2.62. The van der Waals surface area contributed by atoms with Gasteiger partial charge in [0.25, 0.3) is 0 Å². The molecule has 1 saturated heterocycles. The summed E-state index contributed by atoms with van der Waals surface area (Å²) in [5.41, 5.74) is 1.60. The first kappa shape index (κ1) is 16.6. The van der Waals surface area contributed by atoms with Crippen LogP contribution in [-0.4, -0.2) is 33.9 Å². The second-order valence-electron chi connectivity index (χ2n) is 6.24. The van der Waals surface area contributed by atoms with Gasteiger partial charge in [0.2, 0.25) is 5.91 Å². The Labute approximate surface area is 141 Å². The number of halogens is 1. The first-order chi connectivity index (χ1) is 11.7. The minimum Gasteiger partial charge on any atom is -0.342 e. The van der Waals surface area contributed by atoms with Crippen LogP contribution in [0.5, 0.6) is 0 Å². The number of carbonyl (C=O) groups excluding carboxylic acids is 1. The van der Waals surface area contributed by atoms with Gasteiger partial charge in [-0.25, -0.2) is 14.4 Å². The molecule has 4 nitrogen and oxygen atoms in total. The second kappa shape index (κ2) is 7.51. The van der Waals surface area contributed by atoms with E-state index >= 15 is 0 Å². The van der Waals surface area contributed by atoms with Crippen molar-refractivity contribution in [1.82, 2.24) is 14.9 Å². The Kier molecular flexibility index (Phi) is 5.18. The minimum absolute atomic E-state index is 0.217. The lowest BCUT2D eigenvalue weighted by Crippen LogP contribution is -2.39. The van der Waals surface area contributed by atoms with Gasteiger partial charge in [0, 0.05) is 42.9 Å². The van der Waals surface area contributed by atoms with Crippen LogP contribution >= 0.6 is 0 Å². The lowest BCUT2D eigenvalue weighted by molar-refractivity contribution is -0.132. The molecule has 0 bridgehead atoms. The molecule has 1 atom stereocenters. The van der Waals surface area contributed by atoms with Crippen LogP contribution in [0, 0.1) is 5.82 Å². The molecule has 0 spiro atoms. The number of hydrogen-bond donors (Lipinski definition) is 0. The molecule has 1 aliphatic rings. The summed E-state index contributed by atoms with van der Waals surface area (Å²) in [5, 5.41) is 0. The highest BCUT2D eigenvalue weighted by Crippen LogP contribution is 2.27. The summed E-state index contributed by atoms with van der Waals surface area (Å²) in [4.78, 5) is 23.0. The minimum atomic E-state index is -0.296. The molecule has 1 aliphatic heterocycles. The monoisotopic (exact) mass is 327 g/mol. The van der Waals surface area contributed by atoms with Gasteiger partial charge in [-0.2, -0.15) is 0 Å². The highest BCUT2D eigenvalue weighted by atomic mass is 19.1. The summed E-state index contributed by atoms with van der Waals surface area (Å²) >= 11 is 0. The van der Waals surface area contributed by atoms with E-state index in [-0.39, 0.29) is 17.6 Å². The molecule has 1 amide bonds. The average molecular weight is 327 g/mol. The Balaban J connectivity index is 1.79. The zero-order chi connectivity index (χ0) is 16.9. The second-order valence-corrected chi connectivity index (χ2v) is 6.24. The number of rotatable bonds is 4. The van der Waals surface area contributed by atoms with Crippen LogP contribution in [0.1, 0.15) is 44.2 Å². The van der Waals surface area contributed by atoms with E-state index in [4.69, 9.17) is 0 Å². The van der Waals surface area contributed by atoms with Gasteiger partial charge >= 0.3 is 0 Å². The Morgan fingerprint density at radius 2 is 2.25 bits per heavy atom. The van der Waals surface area contributed by atoms with Crippen LogP contribution in [0.2, 0.25) is 0 Å². The molecule has 0 radical (unpaired) electrons. The number of hydrogen-bond acceptors (Lipinski definition) is 3. The van der Waals surface area contributed by atoms with Crippen molar-refractivity contribution in [3.63, 3.8) is 0 Å². The van der Waals surface area contributed by atoms with Gasteiger partial charge in [0.15, 0.2) is 5.82 Å². The lowest BCUT2D eigenvalue weighted by atomic mass is 9.94. The summed E-state index contributed by atoms with van der Waals surface area (Å²) in [6.45, 7) is 3.56. The first-order valence-electron chi connectivity index (χ1n) is 8.54. The van der Waals surface area contributed by atoms with Crippen LogP contribution in [0.4, 0.5) is 4.39 Å². The van der Waals surface area contributed by atoms with Crippen LogP contribution in [-0.2, 0) is 4.79 Å². The van der Waals surface area contributed by atoms with E-state index < -0.39 is 0 Å². The van der Waals surface area contributed by atoms with E-state index in [2.05, 4.69) is 9.97 Å². The number of amides is 1. The number of benzene rings is 1. The third kappa shape index (κ3) is 3.78. The molecule has 0 aliphatic carbocycles. The quantitative estimate of drug-likeness (QED) is 0.858. The Morgan fingerprint density at radius 1 is 1.38 bits per heavy atom. The van der Waals surface area contributed by atoms with Gasteiger partial charge in [-0.05, 0) is 37.5 Å². The van der Waals surface area contributed by atoms with E-state index in [0.717, 1.165) is 31.5 Å². The molecule has 0 N–H and O–H groups in total. The molecule has 0 saturated carbocycles. The standard InChI is InChI=1S/C19H22FN3O/c1-2-5-18(24)23-11-4-7-15(13-23)17-9-10-21-19(22-17)14-6-3-8-16(20)12-14/h3,6,8-10,12,15H,2,4-5,7,11,13H2,1H3/t15-/m1/s1. The maximum atomic E-state index is 13.4. The number of piperidine rings is 1. The van der Waals surface area contributed by atoms with Gasteiger partial charge in [-0.3, -0.25) is 4.79 Å². The summed E-state index contributed by atoms with van der Waals surface area (Å²) in [7, 11) is 0. The van der Waals surface area contributed by atoms with Gasteiger partial charge < -0.3 is 4.90 Å². The largest absolute Gasteiger partial charge is 0.342 e. The first-order valence-corrected chi connectivity index (χ1v) is 8.54. The highest BCUT2D eigenvalue weighted by Gasteiger charge is 2.25. The maximum absolute atomic E-state index is 13.4. The van der Waals surface area contributed by atoms with Crippen LogP contribution in [0.25, 0.3) is 11.4 Å². The van der Waals surface area contributed by atoms with Crippen molar-refractivity contribution in [1.29, 1.82) is 0 Å². The van der Waals surface area contributed by atoms with Crippen LogP contribution in [0.3, 0.4) is 0 Å². The molecule has 1 fully saturated rings. The Bertz CT molecular complexity index is 719. The molecule has 24 heavy (non-hydrogen) atoms. The molecule has 1 aromatic heterocycles. The fraction of sp³-hybridized carbons (Fsp3) is 0.421. The van der Waals surface area contributed by atoms with Crippen molar-refractivity contribution in [2.75, 3.05) is 13.1 Å². The van der Waals surface area contributed by atoms with Gasteiger partial charge in [0.05, 0.1) is 0 Å². The van der Waals surface area contributed by atoms with Gasteiger partial charge in [-0.15, -0.1) is 0 Å². The molecule has 126 valence electrons. The topological polar surface area (TPSA) is 46.1 Å². The molecule has 0 unspecified atom stereocenters. The predicted octanol–water partition coefficient (Wildman–Crippen LogP) is 3.79. The van der Waals surface area contributed by atoms with E-state index in [9.17, 15) is 9.18 Å². The molecule has 2 aromatic rings. The van der Waals surface area contributed by atoms with Crippen molar-refractivity contribution in [3.05, 3.63) is 48.0 Å². The number of aromatic nitrogens is 2. The third-order valence-electron chi connectivity index (χ3n) is 4.42. The van der Waals surface area contributed by atoms with Crippen molar-refractivity contribution in [2.45, 2.75) is 38.5 Å². The molecular weight excluding hydrogens is 305 g/mol. The maximum Gasteiger partial charge on any atom is 0.222 e. The summed E-state index contributed by atoms with van der Waals surface area (Å²) in [5.74, 6) is 0.677. The zero-order valence-electron chi connectivity index (χ0n) is 13.9. The van der Waals surface area contributed by atoms with Crippen LogP contribution in [0.15, 0.2) is 36.5 Å². The van der Waals surface area contributed by atoms with Crippen molar-refractivity contribution >= 4 is 5.91 Å². The molecule has 2 heterocycles. The van der Waals surface area contributed by atoms with E-state index in [1.165, 1.54) is 12.1 Å². The third-order valence-corrected chi connectivity index (χ3v) is 4.42. The lowest BCUT2D eigenvalue weighted by Gasteiger charge is -2.32.